The maximum absolute atomic E-state index is 12.7. The highest BCUT2D eigenvalue weighted by atomic mass is 16.5. The van der Waals surface area contributed by atoms with Crippen LogP contribution in [0.5, 0.6) is 11.5 Å². The molecule has 0 amide bonds. The summed E-state index contributed by atoms with van der Waals surface area (Å²) in [5.74, 6) is 1.89. The van der Waals surface area contributed by atoms with Crippen LogP contribution in [0.1, 0.15) is 151 Å². The molecule has 2 aromatic carbocycles. The molecule has 1 fully saturated rings. The van der Waals surface area contributed by atoms with Gasteiger partial charge in [-0.15, -0.1) is 0 Å². The Hall–Kier alpha value is -3.98. The first-order chi connectivity index (χ1) is 26.2. The number of benzene rings is 2. The van der Waals surface area contributed by atoms with Crippen LogP contribution in [0.25, 0.3) is 0 Å². The minimum atomic E-state index is -0.382. The Morgan fingerprint density at radius 3 is 1.93 bits per heavy atom. The molecule has 3 rings (SSSR count). The number of Topliss-reactive ketones (excluding diaryl/α,β-unsaturated/α-hetero) is 1. The second kappa shape index (κ2) is 26.7. The molecule has 0 saturated heterocycles. The molecule has 54 heavy (non-hydrogen) atoms. The molecular weight excluding hydrogens is 684 g/mol. The molecule has 1 aliphatic rings. The average molecular weight is 749 g/mol. The van der Waals surface area contributed by atoms with E-state index in [2.05, 4.69) is 25.6 Å². The van der Waals surface area contributed by atoms with Crippen molar-refractivity contribution < 1.29 is 42.9 Å². The lowest BCUT2D eigenvalue weighted by molar-refractivity contribution is -0.144. The molecule has 0 unspecified atom stereocenters. The van der Waals surface area contributed by atoms with Crippen LogP contribution in [0, 0.1) is 5.92 Å². The second-order valence-electron chi connectivity index (χ2n) is 14.6. The van der Waals surface area contributed by atoms with Crippen LogP contribution in [0.15, 0.2) is 60.7 Å². The Bertz CT molecular complexity index is 1390. The Morgan fingerprint density at radius 1 is 0.667 bits per heavy atom. The van der Waals surface area contributed by atoms with E-state index in [-0.39, 0.29) is 30.3 Å². The molecule has 0 aliphatic heterocycles. The van der Waals surface area contributed by atoms with Crippen molar-refractivity contribution in [1.29, 1.82) is 0 Å². The van der Waals surface area contributed by atoms with Crippen molar-refractivity contribution in [2.75, 3.05) is 33.0 Å². The largest absolute Gasteiger partial charge is 0.494 e. The lowest BCUT2D eigenvalue weighted by Gasteiger charge is -2.28. The van der Waals surface area contributed by atoms with Gasteiger partial charge < -0.3 is 23.7 Å². The van der Waals surface area contributed by atoms with E-state index in [4.69, 9.17) is 23.7 Å². The summed E-state index contributed by atoms with van der Waals surface area (Å²) in [7, 11) is 0. The number of esters is 3. The number of hydrogen-bond acceptors (Lipinski definition) is 9. The van der Waals surface area contributed by atoms with Gasteiger partial charge in [-0.25, -0.2) is 9.59 Å². The van der Waals surface area contributed by atoms with Gasteiger partial charge in [-0.05, 0) is 144 Å². The van der Waals surface area contributed by atoms with Gasteiger partial charge >= 0.3 is 17.9 Å². The number of ketones is 1. The van der Waals surface area contributed by atoms with Crippen LogP contribution >= 0.6 is 0 Å². The summed E-state index contributed by atoms with van der Waals surface area (Å²) in [6, 6.07) is 15.1. The van der Waals surface area contributed by atoms with Crippen molar-refractivity contribution in [3.8, 4) is 11.5 Å². The average Bonchev–Trinajstić information content (AvgIpc) is 3.17. The van der Waals surface area contributed by atoms with E-state index in [0.29, 0.717) is 67.8 Å². The van der Waals surface area contributed by atoms with Gasteiger partial charge in [0.2, 0.25) is 0 Å². The van der Waals surface area contributed by atoms with Gasteiger partial charge in [-0.2, -0.15) is 0 Å². The Balaban J connectivity index is 1.11. The zero-order valence-electron chi connectivity index (χ0n) is 32.9. The number of carbonyl (C=O) groups excluding carboxylic acids is 4. The van der Waals surface area contributed by atoms with Gasteiger partial charge in [-0.1, -0.05) is 44.9 Å². The van der Waals surface area contributed by atoms with Crippen molar-refractivity contribution in [3.63, 3.8) is 0 Å². The summed E-state index contributed by atoms with van der Waals surface area (Å²) >= 11 is 0. The zero-order valence-corrected chi connectivity index (χ0v) is 32.9. The van der Waals surface area contributed by atoms with E-state index >= 15 is 0 Å². The second-order valence-corrected chi connectivity index (χ2v) is 14.6. The molecule has 0 aromatic heterocycles. The molecule has 9 nitrogen and oxygen atoms in total. The molecule has 0 atom stereocenters. The van der Waals surface area contributed by atoms with Crippen molar-refractivity contribution in [1.82, 2.24) is 0 Å². The molecule has 0 bridgehead atoms. The predicted molar refractivity (Wildman–Crippen MR) is 211 cm³/mol. The molecule has 0 spiro atoms. The fourth-order valence-corrected chi connectivity index (χ4v) is 6.66. The van der Waals surface area contributed by atoms with Crippen LogP contribution < -0.4 is 9.47 Å². The van der Waals surface area contributed by atoms with E-state index < -0.39 is 0 Å². The molecule has 298 valence electrons. The quantitative estimate of drug-likeness (QED) is 0.0363. The normalized spacial score (nSPS) is 15.3. The summed E-state index contributed by atoms with van der Waals surface area (Å²) in [5.41, 5.74) is 2.21. The highest BCUT2D eigenvalue weighted by Crippen LogP contribution is 2.38. The lowest BCUT2D eigenvalue weighted by Crippen LogP contribution is -2.13. The fraction of sp³-hybridized carbons (Fsp3) is 0.600. The third-order valence-electron chi connectivity index (χ3n) is 9.88. The Labute approximate surface area is 323 Å². The van der Waals surface area contributed by atoms with Gasteiger partial charge in [0.05, 0.1) is 25.4 Å². The lowest BCUT2D eigenvalue weighted by atomic mass is 9.77. The third kappa shape index (κ3) is 18.9. The van der Waals surface area contributed by atoms with Gasteiger partial charge in [0.15, 0.2) is 5.78 Å². The number of carbonyl (C=O) groups is 4. The summed E-state index contributed by atoms with van der Waals surface area (Å²) in [6.45, 7) is 9.37. The van der Waals surface area contributed by atoms with Gasteiger partial charge in [0, 0.05) is 25.0 Å². The Kier molecular flexibility index (Phi) is 22.0. The molecule has 0 heterocycles. The molecular formula is C45H64O9. The molecule has 0 radical (unpaired) electrons. The summed E-state index contributed by atoms with van der Waals surface area (Å²) < 4.78 is 27.3. The minimum absolute atomic E-state index is 0.0712. The van der Waals surface area contributed by atoms with Crippen LogP contribution in [0.2, 0.25) is 0 Å². The first-order valence-electron chi connectivity index (χ1n) is 20.4. The zero-order chi connectivity index (χ0) is 38.8. The summed E-state index contributed by atoms with van der Waals surface area (Å²) in [6.07, 6.45) is 16.8. The van der Waals surface area contributed by atoms with Crippen molar-refractivity contribution >= 4 is 23.7 Å². The summed E-state index contributed by atoms with van der Waals surface area (Å²) in [4.78, 5) is 48.0. The SMILES string of the molecule is C=C(C)C(=O)OCCCCCC(=O)COCCCCCC(=O)OCCCCCCOc1ccc(C(=O)Oc2ccc(C3CCC(CCC)CC3)cc2)cc1. The molecule has 9 heteroatoms. The van der Waals surface area contributed by atoms with Crippen LogP contribution in [-0.4, -0.2) is 56.7 Å². The number of hydrogen-bond donors (Lipinski definition) is 0. The number of ether oxygens (including phenoxy) is 5. The van der Waals surface area contributed by atoms with E-state index in [1.54, 1.807) is 31.2 Å². The predicted octanol–water partition coefficient (Wildman–Crippen LogP) is 10.3. The maximum Gasteiger partial charge on any atom is 0.343 e. The highest BCUT2D eigenvalue weighted by Gasteiger charge is 2.22. The van der Waals surface area contributed by atoms with Crippen molar-refractivity contribution in [2.24, 2.45) is 5.92 Å². The first-order valence-corrected chi connectivity index (χ1v) is 20.4. The minimum Gasteiger partial charge on any atom is -0.494 e. The topological polar surface area (TPSA) is 114 Å². The van der Waals surface area contributed by atoms with E-state index in [0.717, 1.165) is 70.1 Å². The Morgan fingerprint density at radius 2 is 1.26 bits per heavy atom. The molecule has 2 aromatic rings. The standard InChI is InChI=1S/C45H64O9/c1-4-15-36-18-20-37(21-19-36)38-22-28-42(29-23-38)54-45(49)39-24-26-41(27-25-39)51-31-12-5-6-13-32-52-43(47)17-10-8-11-30-50-34-40(46)16-9-7-14-33-53-44(48)35(2)3/h22-29,36-37H,2,4-21,30-34H2,1,3H3. The fourth-order valence-electron chi connectivity index (χ4n) is 6.66. The van der Waals surface area contributed by atoms with Gasteiger partial charge in [-0.3, -0.25) is 9.59 Å². The molecule has 0 N–H and O–H groups in total. The van der Waals surface area contributed by atoms with E-state index in [9.17, 15) is 19.2 Å². The van der Waals surface area contributed by atoms with Crippen LogP contribution in [0.3, 0.4) is 0 Å². The number of unbranched alkanes of at least 4 members (excludes halogenated alkanes) is 7. The molecule has 1 saturated carbocycles. The maximum atomic E-state index is 12.7. The van der Waals surface area contributed by atoms with E-state index in [1.165, 1.54) is 44.1 Å². The van der Waals surface area contributed by atoms with Crippen molar-refractivity contribution in [3.05, 3.63) is 71.8 Å². The molecule has 1 aliphatic carbocycles. The summed E-state index contributed by atoms with van der Waals surface area (Å²) in [5, 5.41) is 0. The highest BCUT2D eigenvalue weighted by molar-refractivity contribution is 5.91. The van der Waals surface area contributed by atoms with Gasteiger partial charge in [0.25, 0.3) is 0 Å². The third-order valence-corrected chi connectivity index (χ3v) is 9.88. The first kappa shape index (κ1) is 44.4. The number of rotatable bonds is 28. The monoisotopic (exact) mass is 748 g/mol. The van der Waals surface area contributed by atoms with E-state index in [1.807, 2.05) is 12.1 Å². The van der Waals surface area contributed by atoms with Crippen LogP contribution in [-0.2, 0) is 28.6 Å². The van der Waals surface area contributed by atoms with Crippen LogP contribution in [0.4, 0.5) is 0 Å². The smallest absolute Gasteiger partial charge is 0.343 e. The van der Waals surface area contributed by atoms with Crippen molar-refractivity contribution in [2.45, 2.75) is 135 Å². The van der Waals surface area contributed by atoms with Gasteiger partial charge in [0.1, 0.15) is 18.1 Å².